The minimum atomic E-state index is -0.254. The van der Waals surface area contributed by atoms with Gasteiger partial charge >= 0.3 is 0 Å². The molecule has 0 radical (unpaired) electrons. The van der Waals surface area contributed by atoms with Gasteiger partial charge < -0.3 is 5.73 Å². The molecule has 0 saturated carbocycles. The first-order valence-electron chi connectivity index (χ1n) is 7.32. The van der Waals surface area contributed by atoms with Gasteiger partial charge in [0.1, 0.15) is 0 Å². The summed E-state index contributed by atoms with van der Waals surface area (Å²) in [6.45, 7) is 3.90. The van der Waals surface area contributed by atoms with E-state index in [0.29, 0.717) is 17.1 Å². The van der Waals surface area contributed by atoms with Crippen LogP contribution in [0.5, 0.6) is 0 Å². The first kappa shape index (κ1) is 14.2. The number of aryl methyl sites for hydroxylation is 1. The molecule has 22 heavy (non-hydrogen) atoms. The normalized spacial score (nSPS) is 13.3. The zero-order valence-electron chi connectivity index (χ0n) is 12.3. The molecule has 0 fully saturated rings. The SMILES string of the molecule is C=C(NNC(=O)c1n[nH]c2c1CCCC2)c1ccc(N)cc1. The van der Waals surface area contributed by atoms with Gasteiger partial charge in [0.2, 0.25) is 0 Å². The number of aromatic amines is 1. The van der Waals surface area contributed by atoms with Gasteiger partial charge in [0.05, 0.1) is 5.70 Å². The number of carbonyl (C=O) groups excluding carboxylic acids is 1. The molecule has 1 aliphatic carbocycles. The van der Waals surface area contributed by atoms with Crippen molar-refractivity contribution in [3.63, 3.8) is 0 Å². The van der Waals surface area contributed by atoms with E-state index < -0.39 is 0 Å². The molecule has 0 spiro atoms. The van der Waals surface area contributed by atoms with E-state index in [0.717, 1.165) is 42.5 Å². The Balaban J connectivity index is 1.64. The molecule has 114 valence electrons. The van der Waals surface area contributed by atoms with Crippen LogP contribution in [0.3, 0.4) is 0 Å². The molecule has 6 nitrogen and oxygen atoms in total. The first-order chi connectivity index (χ1) is 10.6. The fraction of sp³-hybridized carbons (Fsp3) is 0.250. The third-order valence-electron chi connectivity index (χ3n) is 3.86. The highest BCUT2D eigenvalue weighted by Crippen LogP contribution is 2.22. The Hall–Kier alpha value is -2.76. The third kappa shape index (κ3) is 2.81. The number of nitrogens with one attached hydrogen (secondary N) is 3. The summed E-state index contributed by atoms with van der Waals surface area (Å²) >= 11 is 0. The molecule has 1 heterocycles. The van der Waals surface area contributed by atoms with E-state index >= 15 is 0 Å². The lowest BCUT2D eigenvalue weighted by Crippen LogP contribution is -2.36. The topological polar surface area (TPSA) is 95.8 Å². The number of fused-ring (bicyclic) bond motifs is 1. The van der Waals surface area contributed by atoms with Crippen LogP contribution in [-0.4, -0.2) is 16.1 Å². The highest BCUT2D eigenvalue weighted by atomic mass is 16.2. The van der Waals surface area contributed by atoms with Gasteiger partial charge in [-0.3, -0.25) is 20.7 Å². The average molecular weight is 297 g/mol. The predicted molar refractivity (Wildman–Crippen MR) is 85.7 cm³/mol. The van der Waals surface area contributed by atoms with Crippen molar-refractivity contribution in [3.05, 3.63) is 53.4 Å². The number of aromatic nitrogens is 2. The summed E-state index contributed by atoms with van der Waals surface area (Å²) in [5.41, 5.74) is 15.8. The number of nitrogens with two attached hydrogens (primary N) is 1. The summed E-state index contributed by atoms with van der Waals surface area (Å²) in [5.74, 6) is -0.254. The van der Waals surface area contributed by atoms with Crippen LogP contribution in [0.1, 0.15) is 40.2 Å². The predicted octanol–water partition coefficient (Wildman–Crippen LogP) is 1.78. The summed E-state index contributed by atoms with van der Waals surface area (Å²) in [4.78, 5) is 12.3. The van der Waals surface area contributed by atoms with Gasteiger partial charge in [0.15, 0.2) is 5.69 Å². The Morgan fingerprint density at radius 3 is 2.68 bits per heavy atom. The lowest BCUT2D eigenvalue weighted by Gasteiger charge is -2.13. The Bertz CT molecular complexity index is 702. The molecular weight excluding hydrogens is 278 g/mol. The maximum absolute atomic E-state index is 12.3. The van der Waals surface area contributed by atoms with Crippen molar-refractivity contribution >= 4 is 17.3 Å². The number of nitrogens with zero attached hydrogens (tertiary/aromatic N) is 1. The quantitative estimate of drug-likeness (QED) is 0.511. The molecule has 2 aromatic rings. The summed E-state index contributed by atoms with van der Waals surface area (Å²) in [6.07, 6.45) is 4.09. The number of benzene rings is 1. The zero-order valence-corrected chi connectivity index (χ0v) is 12.3. The molecule has 1 aliphatic rings. The van der Waals surface area contributed by atoms with Gasteiger partial charge in [0, 0.05) is 16.9 Å². The standard InChI is InChI=1S/C16H19N5O/c1-10(11-6-8-12(17)9-7-11)18-21-16(22)15-13-4-2-3-5-14(13)19-20-15/h6-9,18H,1-5,17H2,(H,19,20)(H,21,22). The fourth-order valence-electron chi connectivity index (χ4n) is 2.62. The maximum Gasteiger partial charge on any atom is 0.290 e. The number of anilines is 1. The van der Waals surface area contributed by atoms with Crippen LogP contribution in [0.15, 0.2) is 30.8 Å². The third-order valence-corrected chi connectivity index (χ3v) is 3.86. The summed E-state index contributed by atoms with van der Waals surface area (Å²) in [7, 11) is 0. The second kappa shape index (κ2) is 5.93. The average Bonchev–Trinajstić information content (AvgIpc) is 2.97. The van der Waals surface area contributed by atoms with E-state index in [2.05, 4.69) is 27.6 Å². The van der Waals surface area contributed by atoms with Gasteiger partial charge in [-0.1, -0.05) is 18.7 Å². The van der Waals surface area contributed by atoms with Crippen LogP contribution in [0.25, 0.3) is 5.70 Å². The molecule has 6 heteroatoms. The minimum Gasteiger partial charge on any atom is -0.399 e. The van der Waals surface area contributed by atoms with Gasteiger partial charge in [-0.2, -0.15) is 5.10 Å². The summed E-state index contributed by atoms with van der Waals surface area (Å²) in [6, 6.07) is 7.25. The van der Waals surface area contributed by atoms with Gasteiger partial charge in [-0.25, -0.2) is 0 Å². The molecule has 5 N–H and O–H groups in total. The van der Waals surface area contributed by atoms with Crippen molar-refractivity contribution in [3.8, 4) is 0 Å². The molecule has 0 saturated heterocycles. The van der Waals surface area contributed by atoms with Crippen LogP contribution in [0, 0.1) is 0 Å². The van der Waals surface area contributed by atoms with Gasteiger partial charge in [-0.15, -0.1) is 0 Å². The van der Waals surface area contributed by atoms with Crippen LogP contribution >= 0.6 is 0 Å². The minimum absolute atomic E-state index is 0.254. The Labute approximate surface area is 128 Å². The molecule has 1 aromatic carbocycles. The van der Waals surface area contributed by atoms with Gasteiger partial charge in [-0.05, 0) is 43.4 Å². The summed E-state index contributed by atoms with van der Waals surface area (Å²) in [5, 5.41) is 7.09. The van der Waals surface area contributed by atoms with Crippen LogP contribution in [-0.2, 0) is 12.8 Å². The molecule has 3 rings (SSSR count). The second-order valence-corrected chi connectivity index (χ2v) is 5.42. The monoisotopic (exact) mass is 297 g/mol. The zero-order chi connectivity index (χ0) is 15.5. The fourth-order valence-corrected chi connectivity index (χ4v) is 2.62. The number of hydrazine groups is 1. The number of amides is 1. The van der Waals surface area contributed by atoms with Crippen molar-refractivity contribution < 1.29 is 4.79 Å². The lowest BCUT2D eigenvalue weighted by atomic mass is 9.96. The number of hydrogen-bond donors (Lipinski definition) is 4. The lowest BCUT2D eigenvalue weighted by molar-refractivity contribution is 0.0936. The molecule has 0 bridgehead atoms. The van der Waals surface area contributed by atoms with Crippen molar-refractivity contribution in [1.29, 1.82) is 0 Å². The molecule has 1 amide bonds. The van der Waals surface area contributed by atoms with Crippen LogP contribution in [0.2, 0.25) is 0 Å². The van der Waals surface area contributed by atoms with E-state index in [1.165, 1.54) is 0 Å². The van der Waals surface area contributed by atoms with Gasteiger partial charge in [0.25, 0.3) is 5.91 Å². The van der Waals surface area contributed by atoms with Crippen molar-refractivity contribution in [2.24, 2.45) is 0 Å². The van der Waals surface area contributed by atoms with E-state index in [1.807, 2.05) is 12.1 Å². The van der Waals surface area contributed by atoms with E-state index in [9.17, 15) is 4.79 Å². The number of H-pyrrole nitrogens is 1. The highest BCUT2D eigenvalue weighted by molar-refractivity contribution is 5.94. The van der Waals surface area contributed by atoms with Crippen molar-refractivity contribution in [2.45, 2.75) is 25.7 Å². The van der Waals surface area contributed by atoms with Crippen molar-refractivity contribution in [2.75, 3.05) is 5.73 Å². The van der Waals surface area contributed by atoms with E-state index in [1.54, 1.807) is 12.1 Å². The molecule has 1 aromatic heterocycles. The Kier molecular flexibility index (Phi) is 3.82. The first-order valence-corrected chi connectivity index (χ1v) is 7.32. The highest BCUT2D eigenvalue weighted by Gasteiger charge is 2.21. The molecule has 0 atom stereocenters. The van der Waals surface area contributed by atoms with Crippen molar-refractivity contribution in [1.82, 2.24) is 21.0 Å². The molecule has 0 unspecified atom stereocenters. The van der Waals surface area contributed by atoms with E-state index in [4.69, 9.17) is 5.73 Å². The molecule has 0 aliphatic heterocycles. The smallest absolute Gasteiger partial charge is 0.290 e. The number of nitrogen functional groups attached to an aromatic ring is 1. The Morgan fingerprint density at radius 1 is 1.18 bits per heavy atom. The maximum atomic E-state index is 12.3. The Morgan fingerprint density at radius 2 is 1.91 bits per heavy atom. The summed E-state index contributed by atoms with van der Waals surface area (Å²) < 4.78 is 0. The number of carbonyl (C=O) groups is 1. The second-order valence-electron chi connectivity index (χ2n) is 5.42. The molecular formula is C16H19N5O. The number of hydrogen-bond acceptors (Lipinski definition) is 4. The van der Waals surface area contributed by atoms with Crippen LogP contribution in [0.4, 0.5) is 5.69 Å². The number of rotatable bonds is 4. The largest absolute Gasteiger partial charge is 0.399 e. The van der Waals surface area contributed by atoms with E-state index in [-0.39, 0.29) is 5.91 Å². The van der Waals surface area contributed by atoms with Crippen LogP contribution < -0.4 is 16.6 Å².